The Kier molecular flexibility index (Phi) is 5.11. The van der Waals surface area contributed by atoms with Crippen molar-refractivity contribution in [2.45, 2.75) is 38.5 Å². The molecular formula is C14H20O4S. The summed E-state index contributed by atoms with van der Waals surface area (Å²) in [6, 6.07) is 4.23. The summed E-state index contributed by atoms with van der Waals surface area (Å²) >= 11 is 0. The molecule has 0 amide bonds. The summed E-state index contributed by atoms with van der Waals surface area (Å²) in [6.45, 7) is 5.61. The summed E-state index contributed by atoms with van der Waals surface area (Å²) in [6.07, 6.45) is 1.60. The molecular weight excluding hydrogens is 264 g/mol. The van der Waals surface area contributed by atoms with Crippen molar-refractivity contribution in [2.24, 2.45) is 5.92 Å². The topological polar surface area (TPSA) is 71.4 Å². The molecule has 19 heavy (non-hydrogen) atoms. The van der Waals surface area contributed by atoms with Gasteiger partial charge in [0.15, 0.2) is 9.84 Å². The molecule has 0 saturated heterocycles. The SMILES string of the molecule is CCC(CC)CS(=O)(=O)c1cc(C(=O)O)ccc1C. The molecule has 0 heterocycles. The summed E-state index contributed by atoms with van der Waals surface area (Å²) in [4.78, 5) is 11.1. The fourth-order valence-corrected chi connectivity index (χ4v) is 4.13. The minimum atomic E-state index is -3.43. The van der Waals surface area contributed by atoms with Crippen LogP contribution in [0.15, 0.2) is 23.1 Å². The van der Waals surface area contributed by atoms with Crippen LogP contribution in [0.5, 0.6) is 0 Å². The predicted octanol–water partition coefficient (Wildman–Crippen LogP) is 2.90. The van der Waals surface area contributed by atoms with Crippen molar-refractivity contribution in [3.8, 4) is 0 Å². The number of hydrogen-bond acceptors (Lipinski definition) is 3. The summed E-state index contributed by atoms with van der Waals surface area (Å²) in [5, 5.41) is 8.95. The van der Waals surface area contributed by atoms with E-state index in [0.717, 1.165) is 12.8 Å². The van der Waals surface area contributed by atoms with Gasteiger partial charge in [0.2, 0.25) is 0 Å². The van der Waals surface area contributed by atoms with Gasteiger partial charge in [0.25, 0.3) is 0 Å². The molecule has 106 valence electrons. The average molecular weight is 284 g/mol. The maximum Gasteiger partial charge on any atom is 0.335 e. The van der Waals surface area contributed by atoms with Crippen LogP contribution in [0.2, 0.25) is 0 Å². The molecule has 0 atom stereocenters. The number of hydrogen-bond donors (Lipinski definition) is 1. The van der Waals surface area contributed by atoms with Crippen molar-refractivity contribution in [3.63, 3.8) is 0 Å². The van der Waals surface area contributed by atoms with Gasteiger partial charge in [0.1, 0.15) is 0 Å². The second kappa shape index (κ2) is 6.19. The van der Waals surface area contributed by atoms with Crippen LogP contribution in [0.4, 0.5) is 0 Å². The number of carboxylic acids is 1. The highest BCUT2D eigenvalue weighted by Crippen LogP contribution is 2.22. The van der Waals surface area contributed by atoms with Crippen LogP contribution in [0, 0.1) is 12.8 Å². The van der Waals surface area contributed by atoms with Crippen molar-refractivity contribution < 1.29 is 18.3 Å². The van der Waals surface area contributed by atoms with Crippen molar-refractivity contribution >= 4 is 15.8 Å². The van der Waals surface area contributed by atoms with E-state index in [4.69, 9.17) is 5.11 Å². The Balaban J connectivity index is 3.20. The van der Waals surface area contributed by atoms with Crippen molar-refractivity contribution in [1.82, 2.24) is 0 Å². The molecule has 0 aliphatic heterocycles. The zero-order valence-electron chi connectivity index (χ0n) is 11.5. The third-order valence-electron chi connectivity index (χ3n) is 3.38. The lowest BCUT2D eigenvalue weighted by atomic mass is 10.1. The van der Waals surface area contributed by atoms with Gasteiger partial charge in [0, 0.05) is 0 Å². The Morgan fingerprint density at radius 1 is 1.26 bits per heavy atom. The Labute approximate surface area is 114 Å². The second-order valence-corrected chi connectivity index (χ2v) is 6.75. The molecule has 0 unspecified atom stereocenters. The zero-order chi connectivity index (χ0) is 14.6. The van der Waals surface area contributed by atoms with Gasteiger partial charge in [-0.25, -0.2) is 13.2 Å². The van der Waals surface area contributed by atoms with E-state index in [-0.39, 0.29) is 22.1 Å². The molecule has 0 aromatic heterocycles. The Hall–Kier alpha value is -1.36. The van der Waals surface area contributed by atoms with Crippen molar-refractivity contribution in [3.05, 3.63) is 29.3 Å². The van der Waals surface area contributed by atoms with E-state index in [1.165, 1.54) is 12.1 Å². The fraction of sp³-hybridized carbons (Fsp3) is 0.500. The van der Waals surface area contributed by atoms with Crippen LogP contribution in [0.3, 0.4) is 0 Å². The minimum absolute atomic E-state index is 0.00808. The van der Waals surface area contributed by atoms with Crippen molar-refractivity contribution in [1.29, 1.82) is 0 Å². The number of sulfone groups is 1. The average Bonchev–Trinajstić information content (AvgIpc) is 2.35. The zero-order valence-corrected chi connectivity index (χ0v) is 12.3. The van der Waals surface area contributed by atoms with E-state index in [1.807, 2.05) is 13.8 Å². The van der Waals surface area contributed by atoms with Crippen LogP contribution >= 0.6 is 0 Å². The first-order valence-electron chi connectivity index (χ1n) is 6.38. The van der Waals surface area contributed by atoms with E-state index in [2.05, 4.69) is 0 Å². The monoisotopic (exact) mass is 284 g/mol. The molecule has 0 saturated carbocycles. The van der Waals surface area contributed by atoms with Gasteiger partial charge in [-0.1, -0.05) is 32.8 Å². The molecule has 5 heteroatoms. The third-order valence-corrected chi connectivity index (χ3v) is 5.40. The lowest BCUT2D eigenvalue weighted by molar-refractivity contribution is 0.0696. The Bertz CT molecular complexity index is 557. The molecule has 1 rings (SSSR count). The molecule has 1 aromatic rings. The normalized spacial score (nSPS) is 11.8. The summed E-state index contributed by atoms with van der Waals surface area (Å²) in [5.74, 6) is -0.930. The van der Waals surface area contributed by atoms with Gasteiger partial charge in [-0.15, -0.1) is 0 Å². The van der Waals surface area contributed by atoms with Crippen LogP contribution in [-0.4, -0.2) is 25.2 Å². The molecule has 0 spiro atoms. The van der Waals surface area contributed by atoms with E-state index in [1.54, 1.807) is 13.0 Å². The Morgan fingerprint density at radius 2 is 1.84 bits per heavy atom. The smallest absolute Gasteiger partial charge is 0.335 e. The van der Waals surface area contributed by atoms with Gasteiger partial charge in [-0.2, -0.15) is 0 Å². The number of carboxylic acid groups (broad SMARTS) is 1. The van der Waals surface area contributed by atoms with E-state index < -0.39 is 15.8 Å². The number of carbonyl (C=O) groups is 1. The standard InChI is InChI=1S/C14H20O4S/c1-4-11(5-2)9-19(17,18)13-8-12(14(15)16)7-6-10(13)3/h6-8,11H,4-5,9H2,1-3H3,(H,15,16). The number of benzene rings is 1. The van der Waals surface area contributed by atoms with Gasteiger partial charge >= 0.3 is 5.97 Å². The number of aryl methyl sites for hydroxylation is 1. The van der Waals surface area contributed by atoms with E-state index >= 15 is 0 Å². The third kappa shape index (κ3) is 3.80. The molecule has 0 bridgehead atoms. The molecule has 0 aliphatic rings. The van der Waals surface area contributed by atoms with Gasteiger partial charge in [-0.3, -0.25) is 0 Å². The lowest BCUT2D eigenvalue weighted by Gasteiger charge is -2.14. The van der Waals surface area contributed by atoms with Crippen LogP contribution in [0.25, 0.3) is 0 Å². The first kappa shape index (κ1) is 15.7. The minimum Gasteiger partial charge on any atom is -0.478 e. The van der Waals surface area contributed by atoms with Gasteiger partial charge in [0.05, 0.1) is 16.2 Å². The maximum absolute atomic E-state index is 12.4. The molecule has 0 radical (unpaired) electrons. The van der Waals surface area contributed by atoms with Crippen LogP contribution in [0.1, 0.15) is 42.6 Å². The van der Waals surface area contributed by atoms with E-state index in [0.29, 0.717) is 5.56 Å². The lowest BCUT2D eigenvalue weighted by Crippen LogP contribution is -2.17. The molecule has 1 N–H and O–H groups in total. The Morgan fingerprint density at radius 3 is 2.32 bits per heavy atom. The first-order chi connectivity index (χ1) is 8.81. The second-order valence-electron chi connectivity index (χ2n) is 4.75. The first-order valence-corrected chi connectivity index (χ1v) is 8.03. The van der Waals surface area contributed by atoms with Crippen molar-refractivity contribution in [2.75, 3.05) is 5.75 Å². The van der Waals surface area contributed by atoms with E-state index in [9.17, 15) is 13.2 Å². The molecule has 0 aliphatic carbocycles. The number of rotatable bonds is 6. The molecule has 1 aromatic carbocycles. The molecule has 0 fully saturated rings. The predicted molar refractivity (Wildman–Crippen MR) is 74.3 cm³/mol. The van der Waals surface area contributed by atoms with Gasteiger partial charge < -0.3 is 5.11 Å². The molecule has 4 nitrogen and oxygen atoms in total. The fourth-order valence-electron chi connectivity index (χ4n) is 1.99. The number of aromatic carboxylic acids is 1. The van der Waals surface area contributed by atoms with Crippen LogP contribution in [-0.2, 0) is 9.84 Å². The highest BCUT2D eigenvalue weighted by Gasteiger charge is 2.22. The highest BCUT2D eigenvalue weighted by molar-refractivity contribution is 7.91. The summed E-state index contributed by atoms with van der Waals surface area (Å²) in [5.41, 5.74) is 0.602. The highest BCUT2D eigenvalue weighted by atomic mass is 32.2. The summed E-state index contributed by atoms with van der Waals surface area (Å²) < 4.78 is 24.7. The summed E-state index contributed by atoms with van der Waals surface area (Å²) in [7, 11) is -3.43. The quantitative estimate of drug-likeness (QED) is 0.872. The van der Waals surface area contributed by atoms with Gasteiger partial charge in [-0.05, 0) is 30.5 Å². The van der Waals surface area contributed by atoms with Crippen LogP contribution < -0.4 is 0 Å². The maximum atomic E-state index is 12.4. The largest absolute Gasteiger partial charge is 0.478 e.